The van der Waals surface area contributed by atoms with Gasteiger partial charge in [-0.05, 0) is 12.3 Å². The molecule has 0 amide bonds. The summed E-state index contributed by atoms with van der Waals surface area (Å²) in [5.74, 6) is 1.20. The van der Waals surface area contributed by atoms with Gasteiger partial charge in [-0.25, -0.2) is 4.98 Å². The molecule has 1 aromatic rings. The maximum Gasteiger partial charge on any atom is 0.188 e. The number of nitrogens with two attached hydrogens (primary N) is 1. The summed E-state index contributed by atoms with van der Waals surface area (Å²) in [4.78, 5) is 8.97. The van der Waals surface area contributed by atoms with Gasteiger partial charge in [0, 0.05) is 30.3 Å². The van der Waals surface area contributed by atoms with Crippen molar-refractivity contribution in [1.82, 2.24) is 10.3 Å². The topological polar surface area (TPSA) is 63.3 Å². The summed E-state index contributed by atoms with van der Waals surface area (Å²) < 4.78 is 0. The number of thiazole rings is 1. The van der Waals surface area contributed by atoms with E-state index in [1.165, 1.54) is 0 Å². The van der Waals surface area contributed by atoms with E-state index >= 15 is 0 Å². The monoisotopic (exact) mass is 296 g/mol. The van der Waals surface area contributed by atoms with E-state index < -0.39 is 0 Å². The smallest absolute Gasteiger partial charge is 0.188 e. The van der Waals surface area contributed by atoms with Gasteiger partial charge in [0.25, 0.3) is 0 Å². The van der Waals surface area contributed by atoms with Crippen LogP contribution >= 0.6 is 11.3 Å². The van der Waals surface area contributed by atoms with Gasteiger partial charge < -0.3 is 11.1 Å². The number of hydrogen-bond donors (Lipinski definition) is 2. The summed E-state index contributed by atoms with van der Waals surface area (Å²) in [6.45, 7) is 12.5. The van der Waals surface area contributed by atoms with Crippen molar-refractivity contribution < 1.29 is 0 Å². The molecule has 20 heavy (non-hydrogen) atoms. The summed E-state index contributed by atoms with van der Waals surface area (Å²) in [7, 11) is 0. The Morgan fingerprint density at radius 2 is 2.15 bits per heavy atom. The molecule has 5 heteroatoms. The maximum atomic E-state index is 5.82. The van der Waals surface area contributed by atoms with E-state index in [0.29, 0.717) is 11.9 Å². The zero-order chi connectivity index (χ0) is 15.2. The Hall–Kier alpha value is -1.10. The summed E-state index contributed by atoms with van der Waals surface area (Å²) in [5.41, 5.74) is 7.11. The van der Waals surface area contributed by atoms with Crippen LogP contribution in [0.15, 0.2) is 10.4 Å². The molecule has 0 saturated carbocycles. The first-order chi connectivity index (χ1) is 9.29. The number of hydrogen-bond acceptors (Lipinski definition) is 3. The highest BCUT2D eigenvalue weighted by atomic mass is 32.1. The first kappa shape index (κ1) is 17.0. The lowest BCUT2D eigenvalue weighted by molar-refractivity contribution is 0.570. The Morgan fingerprint density at radius 1 is 1.45 bits per heavy atom. The molecule has 0 unspecified atom stereocenters. The predicted molar refractivity (Wildman–Crippen MR) is 88.5 cm³/mol. The Balaban J connectivity index is 2.32. The number of aliphatic imine (C=N–C) groups is 1. The van der Waals surface area contributed by atoms with Gasteiger partial charge in [-0.1, -0.05) is 34.6 Å². The van der Waals surface area contributed by atoms with Crippen molar-refractivity contribution in [3.05, 3.63) is 16.1 Å². The van der Waals surface area contributed by atoms with Crippen LogP contribution in [0.1, 0.15) is 51.7 Å². The van der Waals surface area contributed by atoms with E-state index in [1.54, 1.807) is 11.3 Å². The lowest BCUT2D eigenvalue weighted by Gasteiger charge is -2.14. The fraction of sp³-hybridized carbons (Fsp3) is 0.733. The lowest BCUT2D eigenvalue weighted by atomic mass is 9.93. The molecule has 1 rings (SSSR count). The van der Waals surface area contributed by atoms with Crippen molar-refractivity contribution in [2.24, 2.45) is 16.6 Å². The molecule has 0 aromatic carbocycles. The highest BCUT2D eigenvalue weighted by Gasteiger charge is 2.17. The Labute approximate surface area is 126 Å². The molecule has 4 nitrogen and oxygen atoms in total. The molecule has 0 aliphatic carbocycles. The van der Waals surface area contributed by atoms with Crippen LogP contribution in [0, 0.1) is 5.92 Å². The van der Waals surface area contributed by atoms with Crippen molar-refractivity contribution in [3.63, 3.8) is 0 Å². The molecule has 114 valence electrons. The van der Waals surface area contributed by atoms with Crippen LogP contribution in [-0.2, 0) is 11.8 Å². The number of nitrogens with zero attached hydrogens (tertiary/aromatic N) is 2. The SMILES string of the molecule is CC(C)CCN=C(N)NCCc1nc(C(C)(C)C)cs1. The maximum absolute atomic E-state index is 5.82. The van der Waals surface area contributed by atoms with Crippen molar-refractivity contribution in [3.8, 4) is 0 Å². The first-order valence-corrected chi connectivity index (χ1v) is 8.15. The van der Waals surface area contributed by atoms with Gasteiger partial charge >= 0.3 is 0 Å². The summed E-state index contributed by atoms with van der Waals surface area (Å²) >= 11 is 1.72. The van der Waals surface area contributed by atoms with Crippen LogP contribution in [-0.4, -0.2) is 24.0 Å². The molecule has 0 fully saturated rings. The molecule has 0 saturated heterocycles. The van der Waals surface area contributed by atoms with Crippen LogP contribution < -0.4 is 11.1 Å². The molecule has 0 aliphatic heterocycles. The second-order valence-corrected chi connectivity index (χ2v) is 7.45. The summed E-state index contributed by atoms with van der Waals surface area (Å²) in [5, 5.41) is 6.45. The fourth-order valence-corrected chi connectivity index (χ4v) is 2.59. The Bertz CT molecular complexity index is 429. The second-order valence-electron chi connectivity index (χ2n) is 6.50. The zero-order valence-electron chi connectivity index (χ0n) is 13.4. The molecular formula is C15H28N4S. The second kappa shape index (κ2) is 7.62. The van der Waals surface area contributed by atoms with Crippen LogP contribution in [0.25, 0.3) is 0 Å². The van der Waals surface area contributed by atoms with Crippen LogP contribution in [0.3, 0.4) is 0 Å². The third-order valence-corrected chi connectivity index (χ3v) is 3.86. The molecule has 1 heterocycles. The fourth-order valence-electron chi connectivity index (χ4n) is 1.57. The zero-order valence-corrected chi connectivity index (χ0v) is 14.2. The van der Waals surface area contributed by atoms with Crippen LogP contribution in [0.2, 0.25) is 0 Å². The van der Waals surface area contributed by atoms with E-state index in [2.05, 4.69) is 55.3 Å². The largest absolute Gasteiger partial charge is 0.370 e. The van der Waals surface area contributed by atoms with E-state index in [4.69, 9.17) is 5.73 Å². The minimum Gasteiger partial charge on any atom is -0.370 e. The molecule has 1 aromatic heterocycles. The number of nitrogens with one attached hydrogen (secondary N) is 1. The quantitative estimate of drug-likeness (QED) is 0.626. The van der Waals surface area contributed by atoms with Gasteiger partial charge in [-0.15, -0.1) is 11.3 Å². The standard InChI is InChI=1S/C15H28N4S/c1-11(2)6-8-17-14(16)18-9-7-13-19-12(10-20-13)15(3,4)5/h10-11H,6-9H2,1-5H3,(H3,16,17,18). The molecule has 0 spiro atoms. The first-order valence-electron chi connectivity index (χ1n) is 7.27. The average molecular weight is 296 g/mol. The van der Waals surface area contributed by atoms with E-state index in [1.807, 2.05) is 0 Å². The number of guanidine groups is 1. The highest BCUT2D eigenvalue weighted by Crippen LogP contribution is 2.23. The highest BCUT2D eigenvalue weighted by molar-refractivity contribution is 7.09. The van der Waals surface area contributed by atoms with Gasteiger partial charge in [-0.2, -0.15) is 0 Å². The lowest BCUT2D eigenvalue weighted by Crippen LogP contribution is -2.33. The van der Waals surface area contributed by atoms with E-state index in [9.17, 15) is 0 Å². The van der Waals surface area contributed by atoms with E-state index in [0.717, 1.165) is 36.6 Å². The molecular weight excluding hydrogens is 268 g/mol. The summed E-state index contributed by atoms with van der Waals surface area (Å²) in [6, 6.07) is 0. The Morgan fingerprint density at radius 3 is 2.70 bits per heavy atom. The molecule has 0 atom stereocenters. The van der Waals surface area contributed by atoms with Gasteiger partial charge in [0.05, 0.1) is 10.7 Å². The normalized spacial score (nSPS) is 13.0. The van der Waals surface area contributed by atoms with Gasteiger partial charge in [0.1, 0.15) is 0 Å². The average Bonchev–Trinajstić information content (AvgIpc) is 2.77. The Kier molecular flexibility index (Phi) is 6.46. The van der Waals surface area contributed by atoms with Crippen molar-refractivity contribution in [2.75, 3.05) is 13.1 Å². The van der Waals surface area contributed by atoms with Crippen LogP contribution in [0.4, 0.5) is 0 Å². The molecule has 3 N–H and O–H groups in total. The van der Waals surface area contributed by atoms with Gasteiger partial charge in [0.2, 0.25) is 0 Å². The van der Waals surface area contributed by atoms with Gasteiger partial charge in [-0.3, -0.25) is 4.99 Å². The summed E-state index contributed by atoms with van der Waals surface area (Å²) in [6.07, 6.45) is 1.96. The number of rotatable bonds is 6. The minimum atomic E-state index is 0.125. The predicted octanol–water partition coefficient (Wildman–Crippen LogP) is 2.93. The third-order valence-electron chi connectivity index (χ3n) is 2.95. The van der Waals surface area contributed by atoms with Crippen LogP contribution in [0.5, 0.6) is 0 Å². The molecule has 0 radical (unpaired) electrons. The minimum absolute atomic E-state index is 0.125. The van der Waals surface area contributed by atoms with Crippen molar-refractivity contribution >= 4 is 17.3 Å². The van der Waals surface area contributed by atoms with Gasteiger partial charge in [0.15, 0.2) is 5.96 Å². The molecule has 0 bridgehead atoms. The number of aromatic nitrogens is 1. The van der Waals surface area contributed by atoms with E-state index in [-0.39, 0.29) is 5.41 Å². The van der Waals surface area contributed by atoms with Crippen molar-refractivity contribution in [2.45, 2.75) is 52.9 Å². The van der Waals surface area contributed by atoms with Crippen molar-refractivity contribution in [1.29, 1.82) is 0 Å². The third kappa shape index (κ3) is 6.37. The molecule has 0 aliphatic rings.